The maximum absolute atomic E-state index is 12.0. The van der Waals surface area contributed by atoms with Crippen molar-refractivity contribution in [2.45, 2.75) is 38.2 Å². The van der Waals surface area contributed by atoms with Gasteiger partial charge in [0.1, 0.15) is 0 Å². The third kappa shape index (κ3) is 2.47. The van der Waals surface area contributed by atoms with E-state index in [1.807, 2.05) is 0 Å². The van der Waals surface area contributed by atoms with Crippen LogP contribution in [0, 0.1) is 11.3 Å². The number of carbonyl (C=O) groups is 1. The summed E-state index contributed by atoms with van der Waals surface area (Å²) in [5, 5.41) is 12.5. The number of nitrogen functional groups attached to an aromatic ring is 1. The first-order chi connectivity index (χ1) is 9.61. The van der Waals surface area contributed by atoms with E-state index in [2.05, 4.69) is 15.3 Å². The number of aliphatic hydroxyl groups excluding tert-OH is 1. The monoisotopic (exact) mass is 276 g/mol. The Morgan fingerprint density at radius 2 is 2.10 bits per heavy atom. The summed E-state index contributed by atoms with van der Waals surface area (Å²) in [5.41, 5.74) is 6.19. The SMILES string of the molecule is Nc1nccnc1C(=O)NCC1CC12CCC(O)CC2. The normalized spacial score (nSPS) is 32.0. The zero-order valence-electron chi connectivity index (χ0n) is 11.4. The van der Waals surface area contributed by atoms with E-state index in [9.17, 15) is 9.90 Å². The minimum Gasteiger partial charge on any atom is -0.393 e. The van der Waals surface area contributed by atoms with Crippen molar-refractivity contribution in [1.29, 1.82) is 0 Å². The first-order valence-corrected chi connectivity index (χ1v) is 7.13. The highest BCUT2D eigenvalue weighted by atomic mass is 16.3. The van der Waals surface area contributed by atoms with Crippen LogP contribution in [-0.4, -0.2) is 33.6 Å². The van der Waals surface area contributed by atoms with Gasteiger partial charge in [0.25, 0.3) is 5.91 Å². The molecule has 1 aromatic rings. The minimum atomic E-state index is -0.256. The molecule has 3 rings (SSSR count). The van der Waals surface area contributed by atoms with Gasteiger partial charge in [0.15, 0.2) is 11.5 Å². The number of amides is 1. The van der Waals surface area contributed by atoms with Crippen LogP contribution in [0.5, 0.6) is 0 Å². The van der Waals surface area contributed by atoms with Gasteiger partial charge in [-0.3, -0.25) is 4.79 Å². The lowest BCUT2D eigenvalue weighted by atomic mass is 9.83. The average Bonchev–Trinajstić information content (AvgIpc) is 3.13. The molecule has 108 valence electrons. The molecule has 2 aliphatic carbocycles. The fourth-order valence-corrected chi connectivity index (χ4v) is 3.33. The maximum Gasteiger partial charge on any atom is 0.273 e. The van der Waals surface area contributed by atoms with Crippen molar-refractivity contribution in [2.75, 3.05) is 12.3 Å². The number of aromatic nitrogens is 2. The molecule has 2 fully saturated rings. The molecule has 1 heterocycles. The van der Waals surface area contributed by atoms with Crippen LogP contribution in [0.1, 0.15) is 42.6 Å². The molecule has 1 atom stereocenters. The first kappa shape index (κ1) is 13.3. The zero-order valence-corrected chi connectivity index (χ0v) is 11.4. The highest BCUT2D eigenvalue weighted by Crippen LogP contribution is 2.60. The van der Waals surface area contributed by atoms with Gasteiger partial charge in [-0.15, -0.1) is 0 Å². The van der Waals surface area contributed by atoms with E-state index in [4.69, 9.17) is 5.73 Å². The van der Waals surface area contributed by atoms with Crippen LogP contribution < -0.4 is 11.1 Å². The van der Waals surface area contributed by atoms with Gasteiger partial charge >= 0.3 is 0 Å². The van der Waals surface area contributed by atoms with E-state index < -0.39 is 0 Å². The van der Waals surface area contributed by atoms with Crippen molar-refractivity contribution in [3.8, 4) is 0 Å². The molecule has 6 heteroatoms. The Morgan fingerprint density at radius 3 is 2.80 bits per heavy atom. The third-order valence-electron chi connectivity index (χ3n) is 4.76. The number of rotatable bonds is 3. The van der Waals surface area contributed by atoms with E-state index in [1.54, 1.807) is 0 Å². The predicted molar refractivity (Wildman–Crippen MR) is 73.8 cm³/mol. The average molecular weight is 276 g/mol. The smallest absolute Gasteiger partial charge is 0.273 e. The van der Waals surface area contributed by atoms with E-state index in [0.717, 1.165) is 32.1 Å². The largest absolute Gasteiger partial charge is 0.393 e. The van der Waals surface area contributed by atoms with Gasteiger partial charge in [-0.2, -0.15) is 0 Å². The Labute approximate surface area is 117 Å². The van der Waals surface area contributed by atoms with Crippen LogP contribution in [0.3, 0.4) is 0 Å². The number of hydrogen-bond acceptors (Lipinski definition) is 5. The number of nitrogens with one attached hydrogen (secondary N) is 1. The Balaban J connectivity index is 1.52. The lowest BCUT2D eigenvalue weighted by molar-refractivity contribution is 0.0911. The molecule has 1 spiro atoms. The van der Waals surface area contributed by atoms with Gasteiger partial charge in [0, 0.05) is 18.9 Å². The van der Waals surface area contributed by atoms with Gasteiger partial charge in [-0.25, -0.2) is 9.97 Å². The quantitative estimate of drug-likeness (QED) is 0.755. The van der Waals surface area contributed by atoms with Crippen molar-refractivity contribution in [2.24, 2.45) is 11.3 Å². The predicted octanol–water partition coefficient (Wildman–Crippen LogP) is 0.730. The van der Waals surface area contributed by atoms with Crippen LogP contribution >= 0.6 is 0 Å². The van der Waals surface area contributed by atoms with Gasteiger partial charge in [0.2, 0.25) is 0 Å². The van der Waals surface area contributed by atoms with Gasteiger partial charge in [-0.05, 0) is 43.4 Å². The Morgan fingerprint density at radius 1 is 1.40 bits per heavy atom. The molecule has 20 heavy (non-hydrogen) atoms. The molecule has 0 aromatic carbocycles. The Hall–Kier alpha value is -1.69. The molecule has 0 aliphatic heterocycles. The molecule has 0 radical (unpaired) electrons. The maximum atomic E-state index is 12.0. The Kier molecular flexibility index (Phi) is 3.33. The van der Waals surface area contributed by atoms with Crippen molar-refractivity contribution < 1.29 is 9.90 Å². The lowest BCUT2D eigenvalue weighted by Gasteiger charge is -2.26. The van der Waals surface area contributed by atoms with Gasteiger partial charge in [-0.1, -0.05) is 0 Å². The second-order valence-electron chi connectivity index (χ2n) is 5.99. The molecule has 1 unspecified atom stereocenters. The number of aliphatic hydroxyl groups is 1. The van der Waals surface area contributed by atoms with Gasteiger partial charge in [0.05, 0.1) is 6.10 Å². The molecule has 2 saturated carbocycles. The van der Waals surface area contributed by atoms with E-state index in [0.29, 0.717) is 17.9 Å². The summed E-state index contributed by atoms with van der Waals surface area (Å²) >= 11 is 0. The third-order valence-corrected chi connectivity index (χ3v) is 4.76. The topological polar surface area (TPSA) is 101 Å². The van der Waals surface area contributed by atoms with Crippen LogP contribution in [0.4, 0.5) is 5.82 Å². The minimum absolute atomic E-state index is 0.129. The molecule has 1 aromatic heterocycles. The van der Waals surface area contributed by atoms with Gasteiger partial charge < -0.3 is 16.2 Å². The number of nitrogens with zero attached hydrogens (tertiary/aromatic N) is 2. The van der Waals surface area contributed by atoms with Crippen LogP contribution in [0.2, 0.25) is 0 Å². The van der Waals surface area contributed by atoms with Crippen LogP contribution in [-0.2, 0) is 0 Å². The fraction of sp³-hybridized carbons (Fsp3) is 0.643. The van der Waals surface area contributed by atoms with Crippen molar-refractivity contribution in [3.05, 3.63) is 18.1 Å². The highest BCUT2D eigenvalue weighted by molar-refractivity contribution is 5.96. The molecular weight excluding hydrogens is 256 g/mol. The van der Waals surface area contributed by atoms with Crippen molar-refractivity contribution in [3.63, 3.8) is 0 Å². The lowest BCUT2D eigenvalue weighted by Crippen LogP contribution is -2.30. The fourth-order valence-electron chi connectivity index (χ4n) is 3.33. The molecule has 0 bridgehead atoms. The molecule has 1 amide bonds. The second-order valence-corrected chi connectivity index (χ2v) is 5.99. The summed E-state index contributed by atoms with van der Waals surface area (Å²) in [6, 6.07) is 0. The standard InChI is InChI=1S/C14H20N4O2/c15-12-11(16-5-6-17-12)13(20)18-8-9-7-14(9)3-1-10(19)2-4-14/h5-6,9-10,19H,1-4,7-8H2,(H2,15,17)(H,18,20). The van der Waals surface area contributed by atoms with E-state index in [-0.39, 0.29) is 23.5 Å². The summed E-state index contributed by atoms with van der Waals surface area (Å²) in [7, 11) is 0. The number of anilines is 1. The zero-order chi connectivity index (χ0) is 14.2. The summed E-state index contributed by atoms with van der Waals surface area (Å²) < 4.78 is 0. The number of carbonyl (C=O) groups excluding carboxylic acids is 1. The van der Waals surface area contributed by atoms with E-state index in [1.165, 1.54) is 12.4 Å². The summed E-state index contributed by atoms with van der Waals surface area (Å²) in [6.07, 6.45) is 7.88. The highest BCUT2D eigenvalue weighted by Gasteiger charge is 2.54. The summed E-state index contributed by atoms with van der Waals surface area (Å²) in [5.74, 6) is 0.432. The number of hydrogen-bond donors (Lipinski definition) is 3. The molecule has 0 saturated heterocycles. The molecule has 4 N–H and O–H groups in total. The van der Waals surface area contributed by atoms with Crippen LogP contribution in [0.15, 0.2) is 12.4 Å². The summed E-state index contributed by atoms with van der Waals surface area (Å²) in [4.78, 5) is 19.8. The van der Waals surface area contributed by atoms with Crippen molar-refractivity contribution in [1.82, 2.24) is 15.3 Å². The molecular formula is C14H20N4O2. The second kappa shape index (κ2) is 5.01. The molecule has 6 nitrogen and oxygen atoms in total. The van der Waals surface area contributed by atoms with Crippen LogP contribution in [0.25, 0.3) is 0 Å². The Bertz CT molecular complexity index is 512. The number of nitrogens with two attached hydrogens (primary N) is 1. The molecule has 2 aliphatic rings. The summed E-state index contributed by atoms with van der Waals surface area (Å²) in [6.45, 7) is 0.658. The first-order valence-electron chi connectivity index (χ1n) is 7.13. The van der Waals surface area contributed by atoms with Crippen molar-refractivity contribution >= 4 is 11.7 Å². The van der Waals surface area contributed by atoms with E-state index >= 15 is 0 Å².